The number of hydrogen-bond acceptors (Lipinski definition) is 4. The highest BCUT2D eigenvalue weighted by molar-refractivity contribution is 8.12. The molecular formula is C15H21NO3S. The Morgan fingerprint density at radius 3 is 2.30 bits per heavy atom. The van der Waals surface area contributed by atoms with E-state index in [4.69, 9.17) is 10.8 Å². The minimum Gasteiger partial charge on any atom is -0.481 e. The van der Waals surface area contributed by atoms with Gasteiger partial charge in [0.1, 0.15) is 0 Å². The summed E-state index contributed by atoms with van der Waals surface area (Å²) in [4.78, 5) is 21.7. The fourth-order valence-corrected chi connectivity index (χ4v) is 2.46. The van der Waals surface area contributed by atoms with Crippen molar-refractivity contribution in [3.63, 3.8) is 0 Å². The number of benzene rings is 1. The number of hydrogen-bond donors (Lipinski definition) is 2. The molecular weight excluding hydrogens is 274 g/mol. The van der Waals surface area contributed by atoms with Gasteiger partial charge in [0.05, 0.1) is 5.92 Å². The fraction of sp³-hybridized carbons (Fsp3) is 0.467. The summed E-state index contributed by atoms with van der Waals surface area (Å²) >= 11 is 1.29. The van der Waals surface area contributed by atoms with Crippen LogP contribution in [0.4, 0.5) is 0 Å². The Bertz CT molecular complexity index is 459. The summed E-state index contributed by atoms with van der Waals surface area (Å²) in [7, 11) is 0. The van der Waals surface area contributed by atoms with Gasteiger partial charge >= 0.3 is 5.97 Å². The lowest BCUT2D eigenvalue weighted by atomic mass is 9.96. The van der Waals surface area contributed by atoms with Crippen molar-refractivity contribution in [2.24, 2.45) is 11.7 Å². The number of carboxylic acids is 1. The third kappa shape index (κ3) is 6.21. The van der Waals surface area contributed by atoms with E-state index in [1.807, 2.05) is 24.3 Å². The van der Waals surface area contributed by atoms with E-state index in [1.165, 1.54) is 11.8 Å². The largest absolute Gasteiger partial charge is 0.481 e. The van der Waals surface area contributed by atoms with Crippen molar-refractivity contribution in [3.05, 3.63) is 35.4 Å². The molecule has 0 aliphatic carbocycles. The molecule has 0 fully saturated rings. The molecule has 0 aromatic heterocycles. The van der Waals surface area contributed by atoms with Crippen LogP contribution >= 0.6 is 11.8 Å². The molecule has 0 radical (unpaired) electrons. The van der Waals surface area contributed by atoms with E-state index in [-0.39, 0.29) is 11.2 Å². The van der Waals surface area contributed by atoms with Gasteiger partial charge in [0, 0.05) is 18.7 Å². The van der Waals surface area contributed by atoms with Crippen LogP contribution in [0.25, 0.3) is 0 Å². The Hall–Kier alpha value is -1.33. The van der Waals surface area contributed by atoms with Crippen LogP contribution in [0.15, 0.2) is 24.3 Å². The van der Waals surface area contributed by atoms with Crippen molar-refractivity contribution < 1.29 is 14.7 Å². The second-order valence-corrected chi connectivity index (χ2v) is 6.19. The van der Waals surface area contributed by atoms with Crippen molar-refractivity contribution in [2.75, 3.05) is 0 Å². The normalized spacial score (nSPS) is 13.8. The Morgan fingerprint density at radius 2 is 1.80 bits per heavy atom. The van der Waals surface area contributed by atoms with Crippen LogP contribution in [0.5, 0.6) is 0 Å². The van der Waals surface area contributed by atoms with E-state index >= 15 is 0 Å². The Morgan fingerprint density at radius 1 is 1.25 bits per heavy atom. The van der Waals surface area contributed by atoms with Crippen LogP contribution in [0.1, 0.15) is 31.4 Å². The zero-order valence-electron chi connectivity index (χ0n) is 11.8. The van der Waals surface area contributed by atoms with Gasteiger partial charge in [-0.2, -0.15) is 0 Å². The molecule has 20 heavy (non-hydrogen) atoms. The van der Waals surface area contributed by atoms with Gasteiger partial charge in [-0.1, -0.05) is 43.0 Å². The van der Waals surface area contributed by atoms with E-state index in [9.17, 15) is 9.59 Å². The van der Waals surface area contributed by atoms with Crippen LogP contribution in [-0.4, -0.2) is 22.2 Å². The summed E-state index contributed by atoms with van der Waals surface area (Å²) in [6, 6.07) is 7.79. The molecule has 1 aromatic carbocycles. The monoisotopic (exact) mass is 295 g/mol. The Balaban J connectivity index is 2.48. The molecule has 2 atom stereocenters. The van der Waals surface area contributed by atoms with Crippen LogP contribution in [0, 0.1) is 5.92 Å². The summed E-state index contributed by atoms with van der Waals surface area (Å²) in [5.41, 5.74) is 8.16. The van der Waals surface area contributed by atoms with Gasteiger partial charge in [-0.15, -0.1) is 0 Å². The molecule has 3 N–H and O–H groups in total. The number of carbonyl (C=O) groups is 2. The van der Waals surface area contributed by atoms with Crippen molar-refractivity contribution in [3.8, 4) is 0 Å². The second kappa shape index (κ2) is 8.07. The SMILES string of the molecule is CC(=O)SCc1ccc(C[C@H](N)C[C@H](C)C(=O)O)cc1. The van der Waals surface area contributed by atoms with Crippen LogP contribution in [0.2, 0.25) is 0 Å². The van der Waals surface area contributed by atoms with E-state index in [2.05, 4.69) is 0 Å². The lowest BCUT2D eigenvalue weighted by Crippen LogP contribution is -2.28. The van der Waals surface area contributed by atoms with Gasteiger partial charge in [0.25, 0.3) is 0 Å². The molecule has 1 aromatic rings. The first-order valence-electron chi connectivity index (χ1n) is 6.58. The van der Waals surface area contributed by atoms with E-state index in [0.29, 0.717) is 18.6 Å². The molecule has 5 heteroatoms. The van der Waals surface area contributed by atoms with Gasteiger partial charge < -0.3 is 10.8 Å². The van der Waals surface area contributed by atoms with Crippen molar-refractivity contribution in [1.82, 2.24) is 0 Å². The molecule has 1 rings (SSSR count). The number of rotatable bonds is 7. The maximum atomic E-state index is 10.9. The first kappa shape index (κ1) is 16.7. The molecule has 110 valence electrons. The molecule has 0 unspecified atom stereocenters. The third-order valence-corrected chi connectivity index (χ3v) is 3.93. The van der Waals surface area contributed by atoms with Crippen molar-refractivity contribution >= 4 is 22.8 Å². The molecule has 0 aliphatic rings. The minimum atomic E-state index is -0.808. The number of nitrogens with two attached hydrogens (primary N) is 1. The highest BCUT2D eigenvalue weighted by atomic mass is 32.2. The van der Waals surface area contributed by atoms with Crippen LogP contribution in [-0.2, 0) is 21.8 Å². The summed E-state index contributed by atoms with van der Waals surface area (Å²) in [5, 5.41) is 8.96. The topological polar surface area (TPSA) is 80.4 Å². The average molecular weight is 295 g/mol. The van der Waals surface area contributed by atoms with Crippen LogP contribution in [0.3, 0.4) is 0 Å². The molecule has 0 saturated carbocycles. The smallest absolute Gasteiger partial charge is 0.306 e. The lowest BCUT2D eigenvalue weighted by molar-refractivity contribution is -0.141. The lowest BCUT2D eigenvalue weighted by Gasteiger charge is -2.14. The zero-order chi connectivity index (χ0) is 15.1. The van der Waals surface area contributed by atoms with E-state index < -0.39 is 11.9 Å². The van der Waals surface area contributed by atoms with Crippen molar-refractivity contribution in [2.45, 2.75) is 38.5 Å². The molecule has 4 nitrogen and oxygen atoms in total. The average Bonchev–Trinajstić information content (AvgIpc) is 2.37. The highest BCUT2D eigenvalue weighted by Gasteiger charge is 2.15. The molecule has 0 amide bonds. The highest BCUT2D eigenvalue weighted by Crippen LogP contribution is 2.15. The Labute approximate surface area is 123 Å². The van der Waals surface area contributed by atoms with Gasteiger partial charge in [-0.3, -0.25) is 9.59 Å². The first-order valence-corrected chi connectivity index (χ1v) is 7.56. The number of carbonyl (C=O) groups excluding carboxylic acids is 1. The first-order chi connectivity index (χ1) is 9.38. The zero-order valence-corrected chi connectivity index (χ0v) is 12.7. The van der Waals surface area contributed by atoms with E-state index in [1.54, 1.807) is 13.8 Å². The summed E-state index contributed by atoms with van der Waals surface area (Å²) in [6.45, 7) is 3.23. The van der Waals surface area contributed by atoms with Gasteiger partial charge in [0.15, 0.2) is 5.12 Å². The number of carboxylic acid groups (broad SMARTS) is 1. The minimum absolute atomic E-state index is 0.110. The summed E-state index contributed by atoms with van der Waals surface area (Å²) < 4.78 is 0. The van der Waals surface area contributed by atoms with E-state index in [0.717, 1.165) is 11.1 Å². The quantitative estimate of drug-likeness (QED) is 0.807. The maximum absolute atomic E-state index is 10.9. The predicted octanol–water partition coefficient (Wildman–Crippen LogP) is 2.45. The predicted molar refractivity (Wildman–Crippen MR) is 81.5 cm³/mol. The Kier molecular flexibility index (Phi) is 6.75. The van der Waals surface area contributed by atoms with Crippen molar-refractivity contribution in [1.29, 1.82) is 0 Å². The van der Waals surface area contributed by atoms with Gasteiger partial charge in [-0.05, 0) is 24.0 Å². The molecule has 0 spiro atoms. The molecule has 0 heterocycles. The van der Waals surface area contributed by atoms with Crippen LogP contribution < -0.4 is 5.73 Å². The number of aliphatic carboxylic acids is 1. The second-order valence-electron chi connectivity index (χ2n) is 5.04. The molecule has 0 bridgehead atoms. The number of thioether (sulfide) groups is 1. The summed E-state index contributed by atoms with van der Waals surface area (Å²) in [5.74, 6) is -0.550. The standard InChI is InChI=1S/C15H21NO3S/c1-10(15(18)19)7-14(16)8-12-3-5-13(6-4-12)9-20-11(2)17/h3-6,10,14H,7-9,16H2,1-2H3,(H,18,19)/t10-,14+/m0/s1. The van der Waals surface area contributed by atoms with Gasteiger partial charge in [0.2, 0.25) is 0 Å². The third-order valence-electron chi connectivity index (χ3n) is 3.04. The fourth-order valence-electron chi connectivity index (χ4n) is 1.90. The summed E-state index contributed by atoms with van der Waals surface area (Å²) in [6.07, 6.45) is 1.13. The molecule has 0 saturated heterocycles. The maximum Gasteiger partial charge on any atom is 0.306 e. The van der Waals surface area contributed by atoms with Gasteiger partial charge in [-0.25, -0.2) is 0 Å². The molecule has 0 aliphatic heterocycles.